The zero-order valence-corrected chi connectivity index (χ0v) is 11.7. The van der Waals surface area contributed by atoms with Crippen LogP contribution in [0.2, 0.25) is 0 Å². The van der Waals surface area contributed by atoms with E-state index in [1.165, 1.54) is 11.1 Å². The molecule has 0 radical (unpaired) electrons. The van der Waals surface area contributed by atoms with Gasteiger partial charge in [0.15, 0.2) is 0 Å². The van der Waals surface area contributed by atoms with Gasteiger partial charge in [-0.2, -0.15) is 4.98 Å². The van der Waals surface area contributed by atoms with Crippen molar-refractivity contribution in [2.24, 2.45) is 0 Å². The number of aromatic nitrogens is 2. The highest BCUT2D eigenvalue weighted by Crippen LogP contribution is 2.14. The summed E-state index contributed by atoms with van der Waals surface area (Å²) >= 11 is 3.22. The third-order valence-corrected chi connectivity index (χ3v) is 2.42. The first-order valence-electron chi connectivity index (χ1n) is 5.72. The minimum Gasteiger partial charge on any atom is -0.478 e. The Morgan fingerprint density at radius 3 is 2.89 bits per heavy atom. The van der Waals surface area contributed by atoms with Gasteiger partial charge in [0.25, 0.3) is 6.43 Å². The van der Waals surface area contributed by atoms with Gasteiger partial charge in [-0.05, 0) is 6.42 Å². The first-order chi connectivity index (χ1) is 8.67. The molecule has 0 N–H and O–H groups in total. The zero-order valence-electron chi connectivity index (χ0n) is 10.2. The number of rotatable bonds is 8. The van der Waals surface area contributed by atoms with Gasteiger partial charge in [-0.15, -0.1) is 0 Å². The molecule has 1 rings (SSSR count). The Balaban J connectivity index is 2.76. The third kappa shape index (κ3) is 5.12. The summed E-state index contributed by atoms with van der Waals surface area (Å²) in [6, 6.07) is 1.62. The number of ether oxygens (including phenoxy) is 1. The van der Waals surface area contributed by atoms with Gasteiger partial charge in [-0.25, -0.2) is 13.8 Å². The predicted octanol–water partition coefficient (Wildman–Crippen LogP) is 2.73. The predicted molar refractivity (Wildman–Crippen MR) is 69.8 cm³/mol. The molecule has 0 saturated carbocycles. The Bertz CT molecular complexity index is 355. The standard InChI is InChI=1S/C11H16BrF2N3O/c1-2-7-18-10-3-5-15-11(16-10)17(6-4-12)8-9(13)14/h3,5,9H,2,4,6-8H2,1H3. The van der Waals surface area contributed by atoms with Gasteiger partial charge in [0.2, 0.25) is 11.8 Å². The molecule has 0 aliphatic heterocycles. The smallest absolute Gasteiger partial charge is 0.255 e. The van der Waals surface area contributed by atoms with Crippen LogP contribution in [0.5, 0.6) is 5.88 Å². The second-order valence-electron chi connectivity index (χ2n) is 3.57. The largest absolute Gasteiger partial charge is 0.478 e. The normalized spacial score (nSPS) is 10.7. The quantitative estimate of drug-likeness (QED) is 0.689. The summed E-state index contributed by atoms with van der Waals surface area (Å²) < 4.78 is 30.3. The highest BCUT2D eigenvalue weighted by molar-refractivity contribution is 9.09. The zero-order chi connectivity index (χ0) is 13.4. The Labute approximate surface area is 113 Å². The molecule has 0 aromatic carbocycles. The molecule has 0 bridgehead atoms. The van der Waals surface area contributed by atoms with Gasteiger partial charge < -0.3 is 9.64 Å². The van der Waals surface area contributed by atoms with E-state index >= 15 is 0 Å². The highest BCUT2D eigenvalue weighted by Gasteiger charge is 2.15. The van der Waals surface area contributed by atoms with Crippen molar-refractivity contribution in [1.82, 2.24) is 9.97 Å². The topological polar surface area (TPSA) is 38.2 Å². The minimum atomic E-state index is -2.42. The van der Waals surface area contributed by atoms with Crippen molar-refractivity contribution in [2.45, 2.75) is 19.8 Å². The molecule has 0 aliphatic carbocycles. The van der Waals surface area contributed by atoms with E-state index < -0.39 is 6.43 Å². The molecule has 102 valence electrons. The lowest BCUT2D eigenvalue weighted by molar-refractivity contribution is 0.154. The molecule has 0 fully saturated rings. The van der Waals surface area contributed by atoms with E-state index in [1.807, 2.05) is 6.92 Å². The van der Waals surface area contributed by atoms with Crippen molar-refractivity contribution in [3.05, 3.63) is 12.3 Å². The van der Waals surface area contributed by atoms with Gasteiger partial charge in [0.1, 0.15) is 0 Å². The van der Waals surface area contributed by atoms with Gasteiger partial charge in [0, 0.05) is 24.1 Å². The molecule has 0 amide bonds. The van der Waals surface area contributed by atoms with Crippen molar-refractivity contribution in [3.63, 3.8) is 0 Å². The molecular weight excluding hydrogens is 308 g/mol. The number of halogens is 3. The fraction of sp³-hybridized carbons (Fsp3) is 0.636. The second kappa shape index (κ2) is 8.18. The van der Waals surface area contributed by atoms with Crippen LogP contribution in [0.25, 0.3) is 0 Å². The summed E-state index contributed by atoms with van der Waals surface area (Å²) in [7, 11) is 0. The average molecular weight is 324 g/mol. The van der Waals surface area contributed by atoms with E-state index in [1.54, 1.807) is 6.07 Å². The molecule has 18 heavy (non-hydrogen) atoms. The Kier molecular flexibility index (Phi) is 6.85. The van der Waals surface area contributed by atoms with E-state index in [-0.39, 0.29) is 12.5 Å². The Morgan fingerprint density at radius 2 is 2.28 bits per heavy atom. The molecule has 1 aromatic heterocycles. The van der Waals surface area contributed by atoms with E-state index in [4.69, 9.17) is 4.74 Å². The lowest BCUT2D eigenvalue weighted by atomic mass is 10.5. The Morgan fingerprint density at radius 1 is 1.50 bits per heavy atom. The van der Waals surface area contributed by atoms with Gasteiger partial charge in [-0.1, -0.05) is 22.9 Å². The van der Waals surface area contributed by atoms with Crippen LogP contribution in [-0.4, -0.2) is 41.4 Å². The van der Waals surface area contributed by atoms with Crippen molar-refractivity contribution >= 4 is 21.9 Å². The molecule has 0 spiro atoms. The van der Waals surface area contributed by atoms with E-state index in [0.717, 1.165) is 6.42 Å². The number of alkyl halides is 3. The average Bonchev–Trinajstić information content (AvgIpc) is 2.36. The molecule has 0 unspecified atom stereocenters. The van der Waals surface area contributed by atoms with Crippen LogP contribution in [0.4, 0.5) is 14.7 Å². The maximum absolute atomic E-state index is 12.5. The molecule has 0 saturated heterocycles. The fourth-order valence-electron chi connectivity index (χ4n) is 1.31. The Hall–Kier alpha value is -0.980. The van der Waals surface area contributed by atoms with E-state index in [2.05, 4.69) is 25.9 Å². The SMILES string of the molecule is CCCOc1ccnc(N(CCBr)CC(F)F)n1. The lowest BCUT2D eigenvalue weighted by Gasteiger charge is -2.21. The van der Waals surface area contributed by atoms with Crippen LogP contribution in [-0.2, 0) is 0 Å². The van der Waals surface area contributed by atoms with Gasteiger partial charge in [0.05, 0.1) is 13.2 Å². The summed E-state index contributed by atoms with van der Waals surface area (Å²) in [5.41, 5.74) is 0. The van der Waals surface area contributed by atoms with Crippen LogP contribution in [0.3, 0.4) is 0 Å². The second-order valence-corrected chi connectivity index (χ2v) is 4.36. The summed E-state index contributed by atoms with van der Waals surface area (Å²) in [5, 5.41) is 0.573. The number of hydrogen-bond acceptors (Lipinski definition) is 4. The van der Waals surface area contributed by atoms with Crippen LogP contribution in [0.15, 0.2) is 12.3 Å². The highest BCUT2D eigenvalue weighted by atomic mass is 79.9. The molecular formula is C11H16BrF2N3O. The summed E-state index contributed by atoms with van der Waals surface area (Å²) in [6.45, 7) is 2.56. The monoisotopic (exact) mass is 323 g/mol. The number of anilines is 1. The minimum absolute atomic E-state index is 0.267. The summed E-state index contributed by atoms with van der Waals surface area (Å²) in [6.07, 6.45) is -0.0468. The van der Waals surface area contributed by atoms with Crippen molar-refractivity contribution in [1.29, 1.82) is 0 Å². The van der Waals surface area contributed by atoms with Gasteiger partial charge in [-0.3, -0.25) is 0 Å². The third-order valence-electron chi connectivity index (χ3n) is 2.07. The maximum Gasteiger partial charge on any atom is 0.255 e. The molecule has 1 heterocycles. The maximum atomic E-state index is 12.5. The molecule has 0 atom stereocenters. The molecule has 1 aromatic rings. The number of hydrogen-bond donors (Lipinski definition) is 0. The summed E-state index contributed by atoms with van der Waals surface area (Å²) in [5.74, 6) is 0.680. The molecule has 0 aliphatic rings. The first kappa shape index (κ1) is 15.1. The van der Waals surface area contributed by atoms with Crippen molar-refractivity contribution in [3.8, 4) is 5.88 Å². The van der Waals surface area contributed by atoms with Crippen LogP contribution < -0.4 is 9.64 Å². The van der Waals surface area contributed by atoms with Crippen LogP contribution in [0.1, 0.15) is 13.3 Å². The van der Waals surface area contributed by atoms with Crippen molar-refractivity contribution < 1.29 is 13.5 Å². The first-order valence-corrected chi connectivity index (χ1v) is 6.84. The van der Waals surface area contributed by atoms with E-state index in [9.17, 15) is 8.78 Å². The molecule has 4 nitrogen and oxygen atoms in total. The number of nitrogens with zero attached hydrogens (tertiary/aromatic N) is 3. The fourth-order valence-corrected chi connectivity index (χ4v) is 1.74. The van der Waals surface area contributed by atoms with Crippen LogP contribution >= 0.6 is 15.9 Å². The lowest BCUT2D eigenvalue weighted by Crippen LogP contribution is -2.32. The molecule has 7 heteroatoms. The van der Waals surface area contributed by atoms with Crippen LogP contribution in [0, 0.1) is 0 Å². The van der Waals surface area contributed by atoms with E-state index in [0.29, 0.717) is 24.4 Å². The summed E-state index contributed by atoms with van der Waals surface area (Å²) in [4.78, 5) is 9.55. The van der Waals surface area contributed by atoms with Gasteiger partial charge >= 0.3 is 0 Å². The van der Waals surface area contributed by atoms with Crippen molar-refractivity contribution in [2.75, 3.05) is 29.9 Å².